The minimum atomic E-state index is 0.597. The summed E-state index contributed by atoms with van der Waals surface area (Å²) >= 11 is 15.4. The molecule has 3 aromatic carbocycles. The molecule has 0 atom stereocenters. The number of hydrogen-bond donors (Lipinski definition) is 1. The van der Waals surface area contributed by atoms with Crippen molar-refractivity contribution in [3.05, 3.63) is 93.9 Å². The van der Waals surface area contributed by atoms with E-state index >= 15 is 0 Å². The van der Waals surface area contributed by atoms with Crippen LogP contribution in [0.2, 0.25) is 5.02 Å². The summed E-state index contributed by atoms with van der Waals surface area (Å²) in [6, 6.07) is 26.0. The predicted molar refractivity (Wildman–Crippen MR) is 114 cm³/mol. The Bertz CT molecular complexity index is 856. The smallest absolute Gasteiger partial charge is 0.178 e. The van der Waals surface area contributed by atoms with Crippen LogP contribution in [0.1, 0.15) is 5.56 Å². The lowest BCUT2D eigenvalue weighted by Gasteiger charge is -2.26. The molecule has 5 heteroatoms. The predicted octanol–water partition coefficient (Wildman–Crippen LogP) is 6.51. The van der Waals surface area contributed by atoms with Crippen molar-refractivity contribution >= 4 is 56.2 Å². The van der Waals surface area contributed by atoms with Crippen LogP contribution in [0, 0.1) is 0 Å². The van der Waals surface area contributed by atoms with Crippen LogP contribution in [-0.4, -0.2) is 5.11 Å². The van der Waals surface area contributed by atoms with Gasteiger partial charge in [0.1, 0.15) is 0 Å². The molecular formula is C20H16BrClN2S. The molecule has 0 aliphatic heterocycles. The Labute approximate surface area is 166 Å². The molecule has 0 saturated heterocycles. The van der Waals surface area contributed by atoms with Crippen LogP contribution in [0.3, 0.4) is 0 Å². The number of nitrogens with one attached hydrogen (secondary N) is 1. The summed E-state index contributed by atoms with van der Waals surface area (Å²) in [5, 5.41) is 4.47. The average Bonchev–Trinajstić information content (AvgIpc) is 2.63. The van der Waals surface area contributed by atoms with E-state index in [9.17, 15) is 0 Å². The third-order valence-electron chi connectivity index (χ3n) is 3.67. The third-order valence-corrected chi connectivity index (χ3v) is 4.80. The monoisotopic (exact) mass is 430 g/mol. The van der Waals surface area contributed by atoms with Gasteiger partial charge in [-0.05, 0) is 48.1 Å². The van der Waals surface area contributed by atoms with Gasteiger partial charge in [-0.2, -0.15) is 0 Å². The fourth-order valence-electron chi connectivity index (χ4n) is 2.43. The first kappa shape index (κ1) is 17.9. The van der Waals surface area contributed by atoms with Crippen LogP contribution in [0.5, 0.6) is 0 Å². The highest BCUT2D eigenvalue weighted by Gasteiger charge is 2.14. The van der Waals surface area contributed by atoms with E-state index in [1.807, 2.05) is 66.7 Å². The topological polar surface area (TPSA) is 15.3 Å². The van der Waals surface area contributed by atoms with Gasteiger partial charge in [0.15, 0.2) is 5.11 Å². The van der Waals surface area contributed by atoms with Crippen LogP contribution in [0.25, 0.3) is 0 Å². The SMILES string of the molecule is S=C(Nc1ccc(Br)cc1Cl)N(Cc1ccccc1)c1ccccc1. The van der Waals surface area contributed by atoms with E-state index in [1.165, 1.54) is 5.56 Å². The first-order chi connectivity index (χ1) is 12.1. The van der Waals surface area contributed by atoms with Gasteiger partial charge in [0.05, 0.1) is 17.3 Å². The number of halogens is 2. The second kappa shape index (κ2) is 8.48. The van der Waals surface area contributed by atoms with Gasteiger partial charge < -0.3 is 10.2 Å². The molecule has 0 fully saturated rings. The molecule has 0 spiro atoms. The molecule has 0 aliphatic carbocycles. The van der Waals surface area contributed by atoms with Crippen LogP contribution >= 0.6 is 39.7 Å². The van der Waals surface area contributed by atoms with Crippen molar-refractivity contribution in [3.63, 3.8) is 0 Å². The normalized spacial score (nSPS) is 10.3. The molecule has 0 saturated carbocycles. The Hall–Kier alpha value is -1.88. The molecule has 0 aliphatic rings. The van der Waals surface area contributed by atoms with Gasteiger partial charge in [0.2, 0.25) is 0 Å². The summed E-state index contributed by atoms with van der Waals surface area (Å²) in [6.07, 6.45) is 0. The third kappa shape index (κ3) is 4.82. The lowest BCUT2D eigenvalue weighted by atomic mass is 10.2. The molecule has 3 rings (SSSR count). The summed E-state index contributed by atoms with van der Waals surface area (Å²) < 4.78 is 0.929. The standard InChI is InChI=1S/C20H16BrClN2S/c21-16-11-12-19(18(22)13-16)23-20(25)24(17-9-5-2-6-10-17)14-15-7-3-1-4-8-15/h1-13H,14H2,(H,23,25). The van der Waals surface area contributed by atoms with E-state index in [-0.39, 0.29) is 0 Å². The summed E-state index contributed by atoms with van der Waals surface area (Å²) in [7, 11) is 0. The fraction of sp³-hybridized carbons (Fsp3) is 0.0500. The molecule has 0 bridgehead atoms. The summed E-state index contributed by atoms with van der Waals surface area (Å²) in [5.74, 6) is 0. The Morgan fingerprint density at radius 3 is 2.24 bits per heavy atom. The summed E-state index contributed by atoms with van der Waals surface area (Å²) in [6.45, 7) is 0.671. The Balaban J connectivity index is 1.87. The van der Waals surface area contributed by atoms with Crippen molar-refractivity contribution < 1.29 is 0 Å². The van der Waals surface area contributed by atoms with E-state index in [2.05, 4.69) is 38.3 Å². The molecule has 0 unspecified atom stereocenters. The van der Waals surface area contributed by atoms with Crippen molar-refractivity contribution in [3.8, 4) is 0 Å². The number of rotatable bonds is 4. The molecule has 0 heterocycles. The number of para-hydroxylation sites is 1. The molecule has 3 aromatic rings. The van der Waals surface area contributed by atoms with Gasteiger partial charge in [-0.15, -0.1) is 0 Å². The highest BCUT2D eigenvalue weighted by Crippen LogP contribution is 2.27. The Morgan fingerprint density at radius 2 is 1.60 bits per heavy atom. The Morgan fingerprint density at radius 1 is 0.960 bits per heavy atom. The zero-order chi connectivity index (χ0) is 17.6. The van der Waals surface area contributed by atoms with Crippen molar-refractivity contribution in [1.29, 1.82) is 0 Å². The maximum Gasteiger partial charge on any atom is 0.178 e. The second-order valence-electron chi connectivity index (χ2n) is 5.46. The van der Waals surface area contributed by atoms with Crippen molar-refractivity contribution in [1.82, 2.24) is 0 Å². The van der Waals surface area contributed by atoms with Crippen LogP contribution < -0.4 is 10.2 Å². The fourth-order valence-corrected chi connectivity index (χ4v) is 3.43. The largest absolute Gasteiger partial charge is 0.331 e. The van der Waals surface area contributed by atoms with Crippen molar-refractivity contribution in [2.24, 2.45) is 0 Å². The van der Waals surface area contributed by atoms with Gasteiger partial charge >= 0.3 is 0 Å². The van der Waals surface area contributed by atoms with E-state index < -0.39 is 0 Å². The lowest BCUT2D eigenvalue weighted by Crippen LogP contribution is -2.34. The lowest BCUT2D eigenvalue weighted by molar-refractivity contribution is 1.01. The van der Waals surface area contributed by atoms with Crippen LogP contribution in [-0.2, 0) is 6.54 Å². The number of nitrogens with zero attached hydrogens (tertiary/aromatic N) is 1. The van der Waals surface area contributed by atoms with Crippen molar-refractivity contribution in [2.75, 3.05) is 10.2 Å². The van der Waals surface area contributed by atoms with E-state index in [0.29, 0.717) is 16.7 Å². The van der Waals surface area contributed by atoms with Gasteiger partial charge in [0, 0.05) is 10.2 Å². The first-order valence-corrected chi connectivity index (χ1v) is 9.34. The molecule has 126 valence electrons. The molecule has 1 N–H and O–H groups in total. The highest BCUT2D eigenvalue weighted by molar-refractivity contribution is 9.10. The van der Waals surface area contributed by atoms with Gasteiger partial charge in [-0.1, -0.05) is 76.1 Å². The van der Waals surface area contributed by atoms with E-state index in [0.717, 1.165) is 15.8 Å². The Kier molecular flexibility index (Phi) is 6.08. The van der Waals surface area contributed by atoms with Crippen LogP contribution in [0.4, 0.5) is 11.4 Å². The number of benzene rings is 3. The molecule has 2 nitrogen and oxygen atoms in total. The minimum absolute atomic E-state index is 0.597. The highest BCUT2D eigenvalue weighted by atomic mass is 79.9. The number of anilines is 2. The molecule has 0 radical (unpaired) electrons. The van der Waals surface area contributed by atoms with E-state index in [1.54, 1.807) is 0 Å². The molecule has 0 aromatic heterocycles. The van der Waals surface area contributed by atoms with Crippen molar-refractivity contribution in [2.45, 2.75) is 6.54 Å². The van der Waals surface area contributed by atoms with Gasteiger partial charge in [0.25, 0.3) is 0 Å². The minimum Gasteiger partial charge on any atom is -0.331 e. The van der Waals surface area contributed by atoms with Gasteiger partial charge in [-0.25, -0.2) is 0 Å². The maximum atomic E-state index is 6.31. The number of thiocarbonyl (C=S) groups is 1. The summed E-state index contributed by atoms with van der Waals surface area (Å²) in [4.78, 5) is 2.06. The molecule has 25 heavy (non-hydrogen) atoms. The quantitative estimate of drug-likeness (QED) is 0.474. The van der Waals surface area contributed by atoms with Crippen LogP contribution in [0.15, 0.2) is 83.3 Å². The zero-order valence-corrected chi connectivity index (χ0v) is 16.5. The average molecular weight is 432 g/mol. The van der Waals surface area contributed by atoms with Gasteiger partial charge in [-0.3, -0.25) is 0 Å². The van der Waals surface area contributed by atoms with E-state index in [4.69, 9.17) is 23.8 Å². The zero-order valence-electron chi connectivity index (χ0n) is 13.3. The number of hydrogen-bond acceptors (Lipinski definition) is 1. The first-order valence-electron chi connectivity index (χ1n) is 7.76. The maximum absolute atomic E-state index is 6.31. The summed E-state index contributed by atoms with van der Waals surface area (Å²) in [5.41, 5.74) is 2.98. The molecular weight excluding hydrogens is 416 g/mol. The molecule has 0 amide bonds. The second-order valence-corrected chi connectivity index (χ2v) is 7.17.